The third-order valence-electron chi connectivity index (χ3n) is 14.7. The number of esters is 3. The first-order valence-electron chi connectivity index (χ1n) is 33.4. The van der Waals surface area contributed by atoms with E-state index in [-0.39, 0.29) is 31.1 Å². The fourth-order valence-corrected chi connectivity index (χ4v) is 9.66. The topological polar surface area (TPSA) is 78.9 Å². The summed E-state index contributed by atoms with van der Waals surface area (Å²) < 4.78 is 16.9. The van der Waals surface area contributed by atoms with E-state index in [2.05, 4.69) is 93.7 Å². The molecule has 0 radical (unpaired) electrons. The minimum atomic E-state index is -0.788. The molecule has 446 valence electrons. The number of carbonyl (C=O) groups excluding carboxylic acids is 3. The van der Waals surface area contributed by atoms with E-state index in [0.717, 1.165) is 103 Å². The summed E-state index contributed by atoms with van der Waals surface area (Å²) >= 11 is 0. The van der Waals surface area contributed by atoms with Crippen molar-refractivity contribution in [2.24, 2.45) is 0 Å². The third-order valence-corrected chi connectivity index (χ3v) is 14.7. The van der Waals surface area contributed by atoms with Gasteiger partial charge in [0, 0.05) is 19.3 Å². The normalized spacial score (nSPS) is 12.5. The standard InChI is InChI=1S/C71H126O6/c1-4-7-10-13-16-19-22-25-28-30-32-33-34-35-36-37-39-40-43-46-49-52-55-58-61-64-70(73)76-67-68(66-75-69(72)63-60-57-54-51-48-45-42-27-24-21-18-15-12-9-6-3)77-71(74)65-62-59-56-53-50-47-44-41-38-31-29-26-23-20-17-14-11-8-5-2/h8,11,17,20,26-27,29-30,32,38,41-42,68H,4-7,9-10,12-16,18-19,21-25,28,31,33-37,39-40,43-67H2,1-3H3/b11-8-,20-17-,29-26-,32-30-,41-38-,42-27-. The average molecular weight is 1080 g/mol. The number of carbonyl (C=O) groups is 3. The first-order chi connectivity index (χ1) is 38.0. The number of allylic oxidation sites excluding steroid dienone is 12. The molecule has 0 fully saturated rings. The summed E-state index contributed by atoms with van der Waals surface area (Å²) in [7, 11) is 0. The summed E-state index contributed by atoms with van der Waals surface area (Å²) in [5.41, 5.74) is 0. The molecule has 77 heavy (non-hydrogen) atoms. The molecule has 1 atom stereocenters. The Morgan fingerprint density at radius 3 is 0.805 bits per heavy atom. The number of unbranched alkanes of at least 4 members (excludes halogenated alkanes) is 38. The molecule has 1 unspecified atom stereocenters. The van der Waals surface area contributed by atoms with Gasteiger partial charge in [0.15, 0.2) is 6.10 Å². The SMILES string of the molecule is CC/C=C\C/C=C\C/C=C\C/C=C\CCCCCCCCC(=O)OC(COC(=O)CCCCCCC/C=C\CCCCCCCC)COC(=O)CCCCCCCCCCCCCCC/C=C\CCCCCCCCCC. The van der Waals surface area contributed by atoms with Crippen LogP contribution in [0, 0.1) is 0 Å². The van der Waals surface area contributed by atoms with Crippen molar-refractivity contribution >= 4 is 17.9 Å². The van der Waals surface area contributed by atoms with Crippen LogP contribution in [-0.2, 0) is 28.6 Å². The minimum Gasteiger partial charge on any atom is -0.462 e. The lowest BCUT2D eigenvalue weighted by molar-refractivity contribution is -0.167. The van der Waals surface area contributed by atoms with Crippen LogP contribution in [0.5, 0.6) is 0 Å². The molecule has 0 aromatic carbocycles. The Labute approximate surface area is 478 Å². The summed E-state index contributed by atoms with van der Waals surface area (Å²) in [6, 6.07) is 0. The third kappa shape index (κ3) is 63.6. The minimum absolute atomic E-state index is 0.0820. The second kappa shape index (κ2) is 65.4. The average Bonchev–Trinajstić information content (AvgIpc) is 3.43. The molecule has 0 aromatic heterocycles. The van der Waals surface area contributed by atoms with E-state index in [1.165, 1.54) is 199 Å². The Hall–Kier alpha value is -3.15. The Morgan fingerprint density at radius 2 is 0.506 bits per heavy atom. The van der Waals surface area contributed by atoms with Crippen LogP contribution in [0.15, 0.2) is 72.9 Å². The van der Waals surface area contributed by atoms with Crippen LogP contribution in [0.3, 0.4) is 0 Å². The zero-order valence-electron chi connectivity index (χ0n) is 51.2. The fourth-order valence-electron chi connectivity index (χ4n) is 9.66. The van der Waals surface area contributed by atoms with Gasteiger partial charge in [0.2, 0.25) is 0 Å². The number of hydrogen-bond acceptors (Lipinski definition) is 6. The van der Waals surface area contributed by atoms with Gasteiger partial charge in [0.1, 0.15) is 13.2 Å². The maximum atomic E-state index is 12.9. The summed E-state index contributed by atoms with van der Waals surface area (Å²) in [4.78, 5) is 38.4. The van der Waals surface area contributed by atoms with Crippen LogP contribution >= 0.6 is 0 Å². The van der Waals surface area contributed by atoms with Crippen LogP contribution in [-0.4, -0.2) is 37.2 Å². The highest BCUT2D eigenvalue weighted by Gasteiger charge is 2.19. The number of hydrogen-bond donors (Lipinski definition) is 0. The van der Waals surface area contributed by atoms with Crippen LogP contribution in [0.4, 0.5) is 0 Å². The van der Waals surface area contributed by atoms with E-state index < -0.39 is 6.10 Å². The van der Waals surface area contributed by atoms with Crippen molar-refractivity contribution < 1.29 is 28.6 Å². The van der Waals surface area contributed by atoms with Gasteiger partial charge in [-0.05, 0) is 109 Å². The molecular weight excluding hydrogens is 949 g/mol. The van der Waals surface area contributed by atoms with Crippen LogP contribution in [0.1, 0.15) is 342 Å². The maximum Gasteiger partial charge on any atom is 0.306 e. The van der Waals surface area contributed by atoms with Gasteiger partial charge < -0.3 is 14.2 Å². The van der Waals surface area contributed by atoms with Gasteiger partial charge in [-0.3, -0.25) is 14.4 Å². The molecule has 0 amide bonds. The van der Waals surface area contributed by atoms with Crippen molar-refractivity contribution in [2.45, 2.75) is 348 Å². The predicted octanol–water partition coefficient (Wildman–Crippen LogP) is 22.9. The van der Waals surface area contributed by atoms with Gasteiger partial charge in [0.25, 0.3) is 0 Å². The van der Waals surface area contributed by atoms with E-state index in [0.29, 0.717) is 19.3 Å². The van der Waals surface area contributed by atoms with Crippen molar-refractivity contribution in [3.63, 3.8) is 0 Å². The van der Waals surface area contributed by atoms with E-state index >= 15 is 0 Å². The molecule has 6 heteroatoms. The van der Waals surface area contributed by atoms with Crippen LogP contribution in [0.25, 0.3) is 0 Å². The second-order valence-electron chi connectivity index (χ2n) is 22.3. The maximum absolute atomic E-state index is 12.9. The molecule has 0 aliphatic heterocycles. The summed E-state index contributed by atoms with van der Waals surface area (Å²) in [6.45, 7) is 6.55. The predicted molar refractivity (Wildman–Crippen MR) is 335 cm³/mol. The molecule has 0 spiro atoms. The Kier molecular flexibility index (Phi) is 62.7. The lowest BCUT2D eigenvalue weighted by atomic mass is 10.0. The highest BCUT2D eigenvalue weighted by atomic mass is 16.6. The largest absolute Gasteiger partial charge is 0.462 e. The second-order valence-corrected chi connectivity index (χ2v) is 22.3. The fraction of sp³-hybridized carbons (Fsp3) is 0.789. The molecule has 0 bridgehead atoms. The summed E-state index contributed by atoms with van der Waals surface area (Å²) in [5, 5.41) is 0. The quantitative estimate of drug-likeness (QED) is 0.0261. The van der Waals surface area contributed by atoms with E-state index in [4.69, 9.17) is 14.2 Å². The van der Waals surface area contributed by atoms with Gasteiger partial charge in [-0.25, -0.2) is 0 Å². The molecule has 0 N–H and O–H groups in total. The lowest BCUT2D eigenvalue weighted by Gasteiger charge is -2.18. The number of rotatable bonds is 61. The highest BCUT2D eigenvalue weighted by Crippen LogP contribution is 2.17. The van der Waals surface area contributed by atoms with E-state index in [1.807, 2.05) is 0 Å². The Balaban J connectivity index is 4.33. The molecule has 6 nitrogen and oxygen atoms in total. The van der Waals surface area contributed by atoms with Crippen LogP contribution < -0.4 is 0 Å². The Morgan fingerprint density at radius 1 is 0.273 bits per heavy atom. The molecule has 0 aliphatic rings. The van der Waals surface area contributed by atoms with Crippen molar-refractivity contribution in [1.82, 2.24) is 0 Å². The lowest BCUT2D eigenvalue weighted by Crippen LogP contribution is -2.30. The van der Waals surface area contributed by atoms with Gasteiger partial charge in [-0.1, -0.05) is 286 Å². The molecule has 0 aliphatic carbocycles. The molecule has 0 rings (SSSR count). The monoisotopic (exact) mass is 1070 g/mol. The van der Waals surface area contributed by atoms with Gasteiger partial charge >= 0.3 is 17.9 Å². The molecular formula is C71H126O6. The first-order valence-corrected chi connectivity index (χ1v) is 33.4. The zero-order chi connectivity index (χ0) is 55.7. The highest BCUT2D eigenvalue weighted by molar-refractivity contribution is 5.71. The molecule has 0 aromatic rings. The molecule has 0 saturated carbocycles. The number of ether oxygens (including phenoxy) is 3. The smallest absolute Gasteiger partial charge is 0.306 e. The van der Waals surface area contributed by atoms with Gasteiger partial charge in [0.05, 0.1) is 0 Å². The van der Waals surface area contributed by atoms with Crippen molar-refractivity contribution in [3.8, 4) is 0 Å². The van der Waals surface area contributed by atoms with Crippen molar-refractivity contribution in [3.05, 3.63) is 72.9 Å². The summed E-state index contributed by atoms with van der Waals surface area (Å²) in [5.74, 6) is -0.889. The molecule has 0 heterocycles. The van der Waals surface area contributed by atoms with Crippen molar-refractivity contribution in [2.75, 3.05) is 13.2 Å². The van der Waals surface area contributed by atoms with Gasteiger partial charge in [-0.2, -0.15) is 0 Å². The zero-order valence-corrected chi connectivity index (χ0v) is 51.2. The molecule has 0 saturated heterocycles. The van der Waals surface area contributed by atoms with E-state index in [9.17, 15) is 14.4 Å². The first kappa shape index (κ1) is 73.8. The van der Waals surface area contributed by atoms with Crippen molar-refractivity contribution in [1.29, 1.82) is 0 Å². The van der Waals surface area contributed by atoms with Gasteiger partial charge in [-0.15, -0.1) is 0 Å². The summed E-state index contributed by atoms with van der Waals surface area (Å²) in [6.07, 6.45) is 84.9. The van der Waals surface area contributed by atoms with Crippen LogP contribution in [0.2, 0.25) is 0 Å². The van der Waals surface area contributed by atoms with E-state index in [1.54, 1.807) is 0 Å². The Bertz CT molecular complexity index is 1420.